The molecule has 0 radical (unpaired) electrons. The predicted molar refractivity (Wildman–Crippen MR) is 220 cm³/mol. The zero-order chi connectivity index (χ0) is 45.2. The van der Waals surface area contributed by atoms with Gasteiger partial charge in [-0.1, -0.05) is 97.1 Å². The fraction of sp³-hybridized carbons (Fsp3) is 0. The number of halogens is 12. The summed E-state index contributed by atoms with van der Waals surface area (Å²) in [5.41, 5.74) is 3.91. The summed E-state index contributed by atoms with van der Waals surface area (Å²) in [5.74, 6) is 0. The molecule has 0 fully saturated rings. The normalized spacial score (nSPS) is 13.1. The maximum atomic E-state index is 9.87. The summed E-state index contributed by atoms with van der Waals surface area (Å²) in [6.45, 7) is 0. The molecule has 23 heteroatoms. The molecule has 4 aromatic carbocycles. The van der Waals surface area contributed by atoms with Crippen LogP contribution in [0.1, 0.15) is 0 Å². The monoisotopic (exact) mass is 1010 g/mol. The second-order valence-electron chi connectivity index (χ2n) is 12.6. The molecular formula is C40H28F12N8P2Ru. The van der Waals surface area contributed by atoms with Gasteiger partial charge < -0.3 is 0 Å². The van der Waals surface area contributed by atoms with Crippen molar-refractivity contribution in [1.82, 2.24) is 40.3 Å². The Balaban J connectivity index is 0.000000169. The summed E-state index contributed by atoms with van der Waals surface area (Å²) in [4.78, 5) is 17.4. The minimum atomic E-state index is -10.7. The van der Waals surface area contributed by atoms with Gasteiger partial charge in [-0.25, -0.2) is 0 Å². The van der Waals surface area contributed by atoms with Gasteiger partial charge in [-0.3, -0.25) is 19.9 Å². The number of pyridine rings is 4. The molecule has 0 bridgehead atoms. The van der Waals surface area contributed by atoms with Crippen LogP contribution in [0.4, 0.5) is 50.4 Å². The first-order valence-corrected chi connectivity index (χ1v) is 21.4. The van der Waals surface area contributed by atoms with Crippen molar-refractivity contribution in [2.45, 2.75) is 0 Å². The van der Waals surface area contributed by atoms with E-state index in [0.29, 0.717) is 0 Å². The average Bonchev–Trinajstić information content (AvgIpc) is 3.22. The molecule has 0 saturated heterocycles. The average molecular weight is 1010 g/mol. The number of benzene rings is 4. The smallest absolute Gasteiger partial charge is 0.254 e. The molecule has 10 aromatic rings. The van der Waals surface area contributed by atoms with E-state index in [0.717, 1.165) is 65.2 Å². The van der Waals surface area contributed by atoms with Crippen LogP contribution in [0.3, 0.4) is 0 Å². The molecule has 0 aliphatic rings. The summed E-state index contributed by atoms with van der Waals surface area (Å²) >= 11 is 0. The molecule has 0 spiro atoms. The van der Waals surface area contributed by atoms with Crippen molar-refractivity contribution in [2.75, 3.05) is 0 Å². The van der Waals surface area contributed by atoms with Gasteiger partial charge in [-0.15, -0.1) is 0 Å². The summed E-state index contributed by atoms with van der Waals surface area (Å²) < 4.78 is 118. The maximum Gasteiger partial charge on any atom is 2.00 e. The minimum absolute atomic E-state index is 0. The number of nitrogens with zero attached hydrogens (tertiary/aromatic N) is 8. The fourth-order valence-corrected chi connectivity index (χ4v) is 5.23. The molecule has 63 heavy (non-hydrogen) atoms. The number of rotatable bonds is 0. The predicted octanol–water partition coefficient (Wildman–Crippen LogP) is 15.6. The maximum absolute atomic E-state index is 10.7. The van der Waals surface area contributed by atoms with E-state index in [1.807, 2.05) is 72.8 Å². The van der Waals surface area contributed by atoms with E-state index in [4.69, 9.17) is 0 Å². The summed E-state index contributed by atoms with van der Waals surface area (Å²) in [7, 11) is -21.3. The molecule has 6 aromatic heterocycles. The van der Waals surface area contributed by atoms with E-state index in [-0.39, 0.29) is 19.5 Å². The van der Waals surface area contributed by atoms with E-state index in [9.17, 15) is 50.4 Å². The summed E-state index contributed by atoms with van der Waals surface area (Å²) in [5, 5.41) is 24.1. The van der Waals surface area contributed by atoms with Crippen LogP contribution in [-0.4, -0.2) is 40.3 Å². The first kappa shape index (κ1) is 49.5. The van der Waals surface area contributed by atoms with Crippen LogP contribution in [0.2, 0.25) is 0 Å². The Hall–Kier alpha value is -6.16. The van der Waals surface area contributed by atoms with Gasteiger partial charge in [-0.05, 0) is 24.3 Å². The van der Waals surface area contributed by atoms with E-state index >= 15 is 0 Å². The minimum Gasteiger partial charge on any atom is -0.254 e. The standard InChI is InChI=1S/2C12H8N2.2C8H6N2.2F6P.Ru/c2*1-3-9-5-6-10-4-2-8-14-12(10)11(9)13-7-1;2*1-2-4-8-6-10-9-5-7(8)3-1;2*1-7(2,3,4,5)6;/h2*1-8H;2*1-6H;;;/q;;;;2*-1;+2. The first-order valence-electron chi connectivity index (χ1n) is 17.3. The van der Waals surface area contributed by atoms with Crippen molar-refractivity contribution in [3.05, 3.63) is 171 Å². The van der Waals surface area contributed by atoms with Gasteiger partial charge in [0.2, 0.25) is 0 Å². The fourth-order valence-electron chi connectivity index (χ4n) is 5.23. The van der Waals surface area contributed by atoms with Crippen molar-refractivity contribution in [3.63, 3.8) is 0 Å². The van der Waals surface area contributed by atoms with Crippen molar-refractivity contribution < 1.29 is 69.8 Å². The third-order valence-electron chi connectivity index (χ3n) is 7.60. The van der Waals surface area contributed by atoms with Crippen LogP contribution in [0.5, 0.6) is 0 Å². The number of hydrogen-bond donors (Lipinski definition) is 0. The number of aromatic nitrogens is 8. The van der Waals surface area contributed by atoms with Gasteiger partial charge in [0.15, 0.2) is 0 Å². The Morgan fingerprint density at radius 3 is 0.619 bits per heavy atom. The Bertz CT molecular complexity index is 2650. The molecule has 0 amide bonds. The van der Waals surface area contributed by atoms with Gasteiger partial charge in [0.25, 0.3) is 0 Å². The molecular weight excluding hydrogens is 983 g/mol. The van der Waals surface area contributed by atoms with Crippen LogP contribution in [-0.2, 0) is 19.5 Å². The van der Waals surface area contributed by atoms with E-state index < -0.39 is 15.6 Å². The van der Waals surface area contributed by atoms with Gasteiger partial charge in [0.05, 0.1) is 46.9 Å². The molecule has 0 saturated carbocycles. The topological polar surface area (TPSA) is 103 Å². The molecule has 0 aliphatic heterocycles. The zero-order valence-corrected chi connectivity index (χ0v) is 35.1. The molecule has 6 heterocycles. The first-order chi connectivity index (χ1) is 28.7. The number of hydrogen-bond acceptors (Lipinski definition) is 8. The SMILES string of the molecule is F[P-](F)(F)(F)(F)F.F[P-](F)(F)(F)(F)F.[Ru+2].c1ccc2cnncc2c1.c1ccc2cnncc2c1.c1cnc2c(c1)ccc1cccnc12.c1cnc2c(c1)ccc1cccnc12. The molecule has 330 valence electrons. The van der Waals surface area contributed by atoms with E-state index in [1.165, 1.54) is 0 Å². The second-order valence-corrected chi connectivity index (χ2v) is 16.4. The van der Waals surface area contributed by atoms with Crippen LogP contribution < -0.4 is 0 Å². The Morgan fingerprint density at radius 2 is 0.429 bits per heavy atom. The molecule has 0 atom stereocenters. The Labute approximate surface area is 360 Å². The summed E-state index contributed by atoms with van der Waals surface area (Å²) in [6, 6.07) is 40.3. The van der Waals surface area contributed by atoms with Crippen LogP contribution in [0.15, 0.2) is 171 Å². The van der Waals surface area contributed by atoms with Crippen LogP contribution in [0.25, 0.3) is 65.2 Å². The van der Waals surface area contributed by atoms with Crippen molar-refractivity contribution in [1.29, 1.82) is 0 Å². The third-order valence-corrected chi connectivity index (χ3v) is 7.60. The molecule has 10 rings (SSSR count). The van der Waals surface area contributed by atoms with Gasteiger partial charge in [0.1, 0.15) is 0 Å². The van der Waals surface area contributed by atoms with Crippen molar-refractivity contribution >= 4 is 80.8 Å². The zero-order valence-electron chi connectivity index (χ0n) is 31.5. The molecule has 0 aliphatic carbocycles. The van der Waals surface area contributed by atoms with Gasteiger partial charge in [0, 0.05) is 67.9 Å². The van der Waals surface area contributed by atoms with E-state index in [1.54, 1.807) is 49.6 Å². The molecule has 0 N–H and O–H groups in total. The van der Waals surface area contributed by atoms with Gasteiger partial charge >= 0.3 is 85.5 Å². The largest absolute Gasteiger partial charge is 2.00 e. The molecule has 8 nitrogen and oxygen atoms in total. The molecule has 0 unspecified atom stereocenters. The third kappa shape index (κ3) is 19.2. The quantitative estimate of drug-likeness (QED) is 0.0640. The second kappa shape index (κ2) is 18.3. The van der Waals surface area contributed by atoms with Crippen LogP contribution >= 0.6 is 15.6 Å². The summed E-state index contributed by atoms with van der Waals surface area (Å²) in [6.07, 6.45) is 14.2. The van der Waals surface area contributed by atoms with Crippen molar-refractivity contribution in [2.24, 2.45) is 0 Å². The Morgan fingerprint density at radius 1 is 0.254 bits per heavy atom. The van der Waals surface area contributed by atoms with Crippen LogP contribution in [0, 0.1) is 0 Å². The van der Waals surface area contributed by atoms with Crippen molar-refractivity contribution in [3.8, 4) is 0 Å². The number of fused-ring (bicyclic) bond motifs is 8. The van der Waals surface area contributed by atoms with Gasteiger partial charge in [-0.2, -0.15) is 20.4 Å². The van der Waals surface area contributed by atoms with E-state index in [2.05, 4.69) is 88.9 Å². The Kier molecular flexibility index (Phi) is 14.4.